The maximum Gasteiger partial charge on any atom is 0.267 e. The molecule has 160 valence electrons. The van der Waals surface area contributed by atoms with Crippen molar-refractivity contribution in [3.8, 4) is 5.75 Å². The van der Waals surface area contributed by atoms with Crippen LogP contribution in [0.5, 0.6) is 5.75 Å². The molecule has 1 aromatic carbocycles. The van der Waals surface area contributed by atoms with E-state index in [1.165, 1.54) is 35.9 Å². The number of amides is 2. The van der Waals surface area contributed by atoms with Crippen molar-refractivity contribution in [3.05, 3.63) is 58.9 Å². The Labute approximate surface area is 182 Å². The highest BCUT2D eigenvalue weighted by Gasteiger charge is 2.38. The number of furan rings is 1. The van der Waals surface area contributed by atoms with Crippen molar-refractivity contribution < 1.29 is 18.7 Å². The molecule has 30 heavy (non-hydrogen) atoms. The van der Waals surface area contributed by atoms with Gasteiger partial charge in [-0.05, 0) is 36.2 Å². The van der Waals surface area contributed by atoms with Crippen LogP contribution in [0.15, 0.2) is 52.0 Å². The summed E-state index contributed by atoms with van der Waals surface area (Å²) in [5, 5.41) is 0. The highest BCUT2D eigenvalue weighted by Crippen LogP contribution is 2.38. The monoisotopic (exact) mass is 427 g/mol. The lowest BCUT2D eigenvalue weighted by molar-refractivity contribution is -0.136. The fourth-order valence-electron chi connectivity index (χ4n) is 3.49. The van der Waals surface area contributed by atoms with E-state index in [2.05, 4.69) is 6.92 Å². The van der Waals surface area contributed by atoms with Gasteiger partial charge in [-0.15, -0.1) is 11.8 Å². The first-order valence-corrected chi connectivity index (χ1v) is 11.5. The predicted octanol–water partition coefficient (Wildman–Crippen LogP) is 5.66. The molecule has 0 bridgehead atoms. The van der Waals surface area contributed by atoms with E-state index < -0.39 is 0 Å². The van der Waals surface area contributed by atoms with E-state index in [4.69, 9.17) is 9.15 Å². The van der Waals surface area contributed by atoms with Gasteiger partial charge in [-0.1, -0.05) is 51.2 Å². The topological polar surface area (TPSA) is 59.8 Å². The Morgan fingerprint density at radius 1 is 0.967 bits per heavy atom. The maximum absolute atomic E-state index is 13.2. The number of hydrogen-bond donors (Lipinski definition) is 0. The van der Waals surface area contributed by atoms with Gasteiger partial charge in [0.25, 0.3) is 11.8 Å². The average Bonchev–Trinajstić information content (AvgIpc) is 3.36. The summed E-state index contributed by atoms with van der Waals surface area (Å²) in [6.07, 6.45) is 8.27. The number of rotatable bonds is 12. The second-order valence-electron chi connectivity index (χ2n) is 7.33. The molecule has 2 aromatic rings. The van der Waals surface area contributed by atoms with Crippen LogP contribution in [-0.2, 0) is 15.3 Å². The van der Waals surface area contributed by atoms with Crippen molar-refractivity contribution in [2.75, 3.05) is 13.7 Å². The number of nitrogens with zero attached hydrogens (tertiary/aromatic N) is 1. The maximum atomic E-state index is 13.2. The number of hydrogen-bond acceptors (Lipinski definition) is 5. The van der Waals surface area contributed by atoms with Crippen LogP contribution in [0, 0.1) is 0 Å². The largest absolute Gasteiger partial charge is 0.497 e. The molecule has 1 aliphatic rings. The molecule has 2 heterocycles. The number of thioether (sulfide) groups is 1. The lowest BCUT2D eigenvalue weighted by Gasteiger charge is -2.15. The van der Waals surface area contributed by atoms with Gasteiger partial charge in [0.15, 0.2) is 0 Å². The molecule has 5 nitrogen and oxygen atoms in total. The van der Waals surface area contributed by atoms with E-state index >= 15 is 0 Å². The number of carbonyl (C=O) groups excluding carboxylic acids is 2. The third kappa shape index (κ3) is 5.36. The third-order valence-electron chi connectivity index (χ3n) is 5.18. The fraction of sp³-hybridized carbons (Fsp3) is 0.417. The summed E-state index contributed by atoms with van der Waals surface area (Å²) in [5.74, 6) is 1.59. The Bertz CT molecular complexity index is 871. The molecule has 0 fully saturated rings. The van der Waals surface area contributed by atoms with Gasteiger partial charge in [0.2, 0.25) is 0 Å². The Balaban J connectivity index is 1.75. The van der Waals surface area contributed by atoms with Crippen LogP contribution in [0.25, 0.3) is 5.57 Å². The first kappa shape index (κ1) is 22.2. The molecule has 0 atom stereocenters. The molecule has 0 saturated carbocycles. The lowest BCUT2D eigenvalue weighted by Crippen LogP contribution is -2.32. The second kappa shape index (κ2) is 11.1. The normalized spacial score (nSPS) is 14.1. The molecule has 0 spiro atoms. The minimum atomic E-state index is -0.208. The molecular weight excluding hydrogens is 398 g/mol. The molecule has 0 radical (unpaired) electrons. The minimum absolute atomic E-state index is 0.198. The molecule has 0 saturated heterocycles. The quantitative estimate of drug-likeness (QED) is 0.323. The van der Waals surface area contributed by atoms with Gasteiger partial charge < -0.3 is 9.15 Å². The zero-order valence-electron chi connectivity index (χ0n) is 17.7. The summed E-state index contributed by atoms with van der Waals surface area (Å²) >= 11 is 1.36. The number of ether oxygens (including phenoxy) is 1. The first-order valence-electron chi connectivity index (χ1n) is 10.6. The van der Waals surface area contributed by atoms with Crippen molar-refractivity contribution in [1.82, 2.24) is 4.90 Å². The van der Waals surface area contributed by atoms with Crippen LogP contribution in [0.2, 0.25) is 0 Å². The number of imide groups is 1. The van der Waals surface area contributed by atoms with Crippen LogP contribution in [0.4, 0.5) is 0 Å². The van der Waals surface area contributed by atoms with Gasteiger partial charge >= 0.3 is 0 Å². The molecule has 0 aliphatic carbocycles. The summed E-state index contributed by atoms with van der Waals surface area (Å²) in [6, 6.07) is 11.0. The minimum Gasteiger partial charge on any atom is -0.497 e. The summed E-state index contributed by atoms with van der Waals surface area (Å²) in [4.78, 5) is 28.2. The van der Waals surface area contributed by atoms with Crippen molar-refractivity contribution in [2.24, 2.45) is 0 Å². The van der Waals surface area contributed by atoms with Gasteiger partial charge in [0.05, 0.1) is 29.6 Å². The molecule has 6 heteroatoms. The van der Waals surface area contributed by atoms with E-state index in [0.717, 1.165) is 30.6 Å². The Morgan fingerprint density at radius 2 is 1.70 bits per heavy atom. The molecule has 1 aromatic heterocycles. The third-order valence-corrected chi connectivity index (χ3v) is 6.27. The summed E-state index contributed by atoms with van der Waals surface area (Å²) in [6.45, 7) is 2.66. The summed E-state index contributed by atoms with van der Waals surface area (Å²) in [7, 11) is 1.60. The molecule has 0 unspecified atom stereocenters. The van der Waals surface area contributed by atoms with E-state index in [1.807, 2.05) is 36.4 Å². The molecule has 3 rings (SSSR count). The second-order valence-corrected chi connectivity index (χ2v) is 8.32. The Kier molecular flexibility index (Phi) is 8.20. The molecule has 0 N–H and O–H groups in total. The van der Waals surface area contributed by atoms with E-state index in [-0.39, 0.29) is 11.8 Å². The molecular formula is C24H29NO4S. The van der Waals surface area contributed by atoms with Crippen molar-refractivity contribution in [3.63, 3.8) is 0 Å². The zero-order chi connectivity index (χ0) is 21.3. The standard InChI is InChI=1S/C24H29NO4S/c1-3-4-5-6-7-8-15-25-23(26)21(18-11-13-19(28-2)14-12-18)22(24(25)27)30-17-20-10-9-16-29-20/h9-14,16H,3-8,15,17H2,1-2H3. The fourth-order valence-corrected chi connectivity index (χ4v) is 4.53. The molecule has 1 aliphatic heterocycles. The van der Waals surface area contributed by atoms with E-state index in [0.29, 0.717) is 28.5 Å². The Hall–Kier alpha value is -2.47. The number of benzene rings is 1. The van der Waals surface area contributed by atoms with Gasteiger partial charge in [-0.25, -0.2) is 0 Å². The van der Waals surface area contributed by atoms with Crippen LogP contribution >= 0.6 is 11.8 Å². The van der Waals surface area contributed by atoms with Crippen LogP contribution in [0.3, 0.4) is 0 Å². The van der Waals surface area contributed by atoms with Gasteiger partial charge in [-0.3, -0.25) is 14.5 Å². The highest BCUT2D eigenvalue weighted by molar-refractivity contribution is 8.03. The highest BCUT2D eigenvalue weighted by atomic mass is 32.2. The Morgan fingerprint density at radius 3 is 2.37 bits per heavy atom. The predicted molar refractivity (Wildman–Crippen MR) is 120 cm³/mol. The number of methoxy groups -OCH3 is 1. The smallest absolute Gasteiger partial charge is 0.267 e. The van der Waals surface area contributed by atoms with Crippen molar-refractivity contribution >= 4 is 29.1 Å². The van der Waals surface area contributed by atoms with Crippen LogP contribution < -0.4 is 4.74 Å². The lowest BCUT2D eigenvalue weighted by atomic mass is 10.1. The average molecular weight is 428 g/mol. The first-order chi connectivity index (χ1) is 14.7. The van der Waals surface area contributed by atoms with Gasteiger partial charge in [-0.2, -0.15) is 0 Å². The zero-order valence-corrected chi connectivity index (χ0v) is 18.5. The summed E-state index contributed by atoms with van der Waals surface area (Å²) in [5.41, 5.74) is 1.21. The number of unbranched alkanes of at least 4 members (excludes halogenated alkanes) is 5. The van der Waals surface area contributed by atoms with Gasteiger partial charge in [0, 0.05) is 6.54 Å². The van der Waals surface area contributed by atoms with Crippen LogP contribution in [-0.4, -0.2) is 30.4 Å². The van der Waals surface area contributed by atoms with E-state index in [9.17, 15) is 9.59 Å². The number of carbonyl (C=O) groups is 2. The van der Waals surface area contributed by atoms with Crippen molar-refractivity contribution in [2.45, 2.75) is 51.2 Å². The SMILES string of the molecule is CCCCCCCCN1C(=O)C(SCc2ccco2)=C(c2ccc(OC)cc2)C1=O. The molecule has 2 amide bonds. The van der Waals surface area contributed by atoms with Crippen molar-refractivity contribution in [1.29, 1.82) is 0 Å². The van der Waals surface area contributed by atoms with Gasteiger partial charge in [0.1, 0.15) is 11.5 Å². The summed E-state index contributed by atoms with van der Waals surface area (Å²) < 4.78 is 10.6. The van der Waals surface area contributed by atoms with Crippen LogP contribution in [0.1, 0.15) is 56.8 Å². The van der Waals surface area contributed by atoms with E-state index in [1.54, 1.807) is 13.4 Å².